The molecule has 4 aromatic rings. The van der Waals surface area contributed by atoms with E-state index >= 15 is 0 Å². The van der Waals surface area contributed by atoms with Crippen molar-refractivity contribution >= 4 is 44.2 Å². The normalized spacial score (nSPS) is 20.1. The molecule has 208 valence electrons. The minimum absolute atomic E-state index is 0.0636. The number of rotatable bonds is 7. The molecule has 1 aromatic heterocycles. The van der Waals surface area contributed by atoms with Crippen LogP contribution in [0.25, 0.3) is 22.0 Å². The number of hydrogen-bond acceptors (Lipinski definition) is 6. The van der Waals surface area contributed by atoms with E-state index in [1.807, 2.05) is 18.2 Å². The van der Waals surface area contributed by atoms with Gasteiger partial charge in [-0.05, 0) is 99.1 Å². The molecule has 0 amide bonds. The van der Waals surface area contributed by atoms with Crippen LogP contribution in [0.1, 0.15) is 38.5 Å². The second-order valence-electron chi connectivity index (χ2n) is 10.6. The Kier molecular flexibility index (Phi) is 7.61. The second kappa shape index (κ2) is 11.3. The summed E-state index contributed by atoms with van der Waals surface area (Å²) in [5.74, 6) is -0.0606. The Bertz CT molecular complexity index is 1640. The number of anilines is 2. The van der Waals surface area contributed by atoms with Crippen LogP contribution in [-0.4, -0.2) is 48.5 Å². The summed E-state index contributed by atoms with van der Waals surface area (Å²) in [5, 5.41) is 4.42. The van der Waals surface area contributed by atoms with E-state index in [0.717, 1.165) is 35.3 Å². The molecule has 2 fully saturated rings. The second-order valence-corrected chi connectivity index (χ2v) is 12.6. The average Bonchev–Trinajstić information content (AvgIpc) is 3.50. The van der Waals surface area contributed by atoms with E-state index < -0.39 is 15.8 Å². The van der Waals surface area contributed by atoms with Gasteiger partial charge in [-0.1, -0.05) is 35.9 Å². The Labute approximate surface area is 238 Å². The zero-order valence-corrected chi connectivity index (χ0v) is 23.6. The van der Waals surface area contributed by atoms with Crippen LogP contribution in [0.3, 0.4) is 0 Å². The smallest absolute Gasteiger partial charge is 0.263 e. The van der Waals surface area contributed by atoms with Gasteiger partial charge in [0.25, 0.3) is 10.0 Å². The molecule has 0 bridgehead atoms. The van der Waals surface area contributed by atoms with Crippen molar-refractivity contribution in [3.05, 3.63) is 77.7 Å². The molecule has 1 saturated carbocycles. The van der Waals surface area contributed by atoms with E-state index in [1.54, 1.807) is 24.4 Å². The summed E-state index contributed by atoms with van der Waals surface area (Å²) >= 11 is 6.02. The highest BCUT2D eigenvalue weighted by Crippen LogP contribution is 2.31. The van der Waals surface area contributed by atoms with Crippen LogP contribution in [0.15, 0.2) is 71.8 Å². The number of fused-ring (bicyclic) bond motifs is 1. The largest absolute Gasteiger partial charge is 0.351 e. The first-order chi connectivity index (χ1) is 19.4. The number of aromatic nitrogens is 2. The maximum atomic E-state index is 15.0. The fourth-order valence-corrected chi connectivity index (χ4v) is 7.38. The number of likely N-dealkylation sites (tertiary alicyclic amines) is 1. The zero-order chi connectivity index (χ0) is 27.7. The molecule has 10 heteroatoms. The van der Waals surface area contributed by atoms with Gasteiger partial charge in [0, 0.05) is 23.7 Å². The summed E-state index contributed by atoms with van der Waals surface area (Å²) in [6.07, 6.45) is 9.12. The Morgan fingerprint density at radius 2 is 1.65 bits per heavy atom. The molecule has 2 aliphatic rings. The molecule has 0 unspecified atom stereocenters. The molecular formula is C30H31ClFN5O2S. The molecule has 40 heavy (non-hydrogen) atoms. The van der Waals surface area contributed by atoms with Crippen LogP contribution in [0.5, 0.6) is 0 Å². The zero-order valence-electron chi connectivity index (χ0n) is 22.0. The Morgan fingerprint density at radius 3 is 2.40 bits per heavy atom. The van der Waals surface area contributed by atoms with Crippen molar-refractivity contribution in [2.75, 3.05) is 23.1 Å². The van der Waals surface area contributed by atoms with E-state index in [0.29, 0.717) is 17.6 Å². The summed E-state index contributed by atoms with van der Waals surface area (Å²) in [6.45, 7) is 2.50. The minimum Gasteiger partial charge on any atom is -0.351 e. The maximum Gasteiger partial charge on any atom is 0.263 e. The van der Waals surface area contributed by atoms with Gasteiger partial charge >= 0.3 is 0 Å². The average molecular weight is 580 g/mol. The van der Waals surface area contributed by atoms with Crippen LogP contribution >= 0.6 is 11.6 Å². The quantitative estimate of drug-likeness (QED) is 0.253. The lowest BCUT2D eigenvalue weighted by molar-refractivity contribution is 0.186. The van der Waals surface area contributed by atoms with Crippen molar-refractivity contribution < 1.29 is 12.8 Å². The summed E-state index contributed by atoms with van der Waals surface area (Å²) in [7, 11) is -4.04. The van der Waals surface area contributed by atoms with E-state index in [-0.39, 0.29) is 15.6 Å². The molecule has 0 radical (unpaired) electrons. The van der Waals surface area contributed by atoms with Crippen LogP contribution in [0.2, 0.25) is 5.02 Å². The summed E-state index contributed by atoms with van der Waals surface area (Å²) < 4.78 is 42.7. The SMILES string of the molecule is O=S(=O)(Nc1ccc(-c2ccc3nc(NC4CCC(N5CCCC5)CC4)ncc3c2)cc1F)c1ccccc1Cl. The predicted molar refractivity (Wildman–Crippen MR) is 158 cm³/mol. The molecule has 6 rings (SSSR count). The molecule has 7 nitrogen and oxygen atoms in total. The van der Waals surface area contributed by atoms with Gasteiger partial charge in [-0.2, -0.15) is 0 Å². The summed E-state index contributed by atoms with van der Waals surface area (Å²) in [6, 6.07) is 17.2. The van der Waals surface area contributed by atoms with Crippen LogP contribution in [0.4, 0.5) is 16.0 Å². The molecule has 0 atom stereocenters. The van der Waals surface area contributed by atoms with Crippen LogP contribution < -0.4 is 10.0 Å². The Balaban J connectivity index is 1.13. The summed E-state index contributed by atoms with van der Waals surface area (Å²) in [5.41, 5.74) is 2.03. The first-order valence-electron chi connectivity index (χ1n) is 13.7. The molecule has 1 aliphatic carbocycles. The lowest BCUT2D eigenvalue weighted by Crippen LogP contribution is -2.39. The molecular weight excluding hydrogens is 549 g/mol. The van der Waals surface area contributed by atoms with Crippen LogP contribution in [-0.2, 0) is 10.0 Å². The van der Waals surface area contributed by atoms with Crippen molar-refractivity contribution in [3.63, 3.8) is 0 Å². The monoisotopic (exact) mass is 579 g/mol. The molecule has 3 aromatic carbocycles. The topological polar surface area (TPSA) is 87.2 Å². The van der Waals surface area contributed by atoms with Crippen molar-refractivity contribution in [1.82, 2.24) is 14.9 Å². The fraction of sp³-hybridized carbons (Fsp3) is 0.333. The lowest BCUT2D eigenvalue weighted by Gasteiger charge is -2.34. The minimum atomic E-state index is -4.04. The van der Waals surface area contributed by atoms with E-state index in [4.69, 9.17) is 16.6 Å². The highest BCUT2D eigenvalue weighted by molar-refractivity contribution is 7.92. The highest BCUT2D eigenvalue weighted by atomic mass is 35.5. The predicted octanol–water partition coefficient (Wildman–Crippen LogP) is 6.71. The fourth-order valence-electron chi connectivity index (χ4n) is 5.80. The van der Waals surface area contributed by atoms with Gasteiger partial charge in [0.15, 0.2) is 0 Å². The first-order valence-corrected chi connectivity index (χ1v) is 15.6. The van der Waals surface area contributed by atoms with E-state index in [9.17, 15) is 12.8 Å². The van der Waals surface area contributed by atoms with Crippen molar-refractivity contribution in [2.24, 2.45) is 0 Å². The van der Waals surface area contributed by atoms with Gasteiger partial charge in [0.1, 0.15) is 10.7 Å². The first kappa shape index (κ1) is 26.9. The molecule has 0 spiro atoms. The van der Waals surface area contributed by atoms with Crippen molar-refractivity contribution in [3.8, 4) is 11.1 Å². The van der Waals surface area contributed by atoms with E-state index in [1.165, 1.54) is 63.0 Å². The molecule has 1 aliphatic heterocycles. The van der Waals surface area contributed by atoms with Gasteiger partial charge in [-0.3, -0.25) is 4.72 Å². The van der Waals surface area contributed by atoms with Crippen molar-refractivity contribution in [2.45, 2.75) is 55.5 Å². The standard InChI is InChI=1S/C30H31ClFN5O2S/c31-25-5-1-2-6-29(25)40(38,39)36-28-14-8-21(18-26(28)32)20-7-13-27-22(17-20)19-33-30(35-27)34-23-9-11-24(12-10-23)37-15-3-4-16-37/h1-2,5-8,13-14,17-19,23-24,36H,3-4,9-12,15-16H2,(H,33,34,35). The highest BCUT2D eigenvalue weighted by Gasteiger charge is 2.27. The molecule has 2 N–H and O–H groups in total. The Hall–Kier alpha value is -3.27. The molecule has 2 heterocycles. The number of nitrogens with one attached hydrogen (secondary N) is 2. The Morgan fingerprint density at radius 1 is 0.925 bits per heavy atom. The van der Waals surface area contributed by atoms with Crippen molar-refractivity contribution in [1.29, 1.82) is 0 Å². The van der Waals surface area contributed by atoms with Gasteiger partial charge in [0.05, 0.1) is 16.2 Å². The van der Waals surface area contributed by atoms with E-state index in [2.05, 4.69) is 19.9 Å². The third-order valence-electron chi connectivity index (χ3n) is 7.94. The summed E-state index contributed by atoms with van der Waals surface area (Å²) in [4.78, 5) is 11.8. The lowest BCUT2D eigenvalue weighted by atomic mass is 9.90. The number of halogens is 2. The molecule has 1 saturated heterocycles. The third kappa shape index (κ3) is 5.77. The van der Waals surface area contributed by atoms with Crippen LogP contribution in [0, 0.1) is 5.82 Å². The maximum absolute atomic E-state index is 15.0. The van der Waals surface area contributed by atoms with Gasteiger partial charge in [-0.15, -0.1) is 0 Å². The number of hydrogen-bond donors (Lipinski definition) is 2. The van der Waals surface area contributed by atoms with Gasteiger partial charge < -0.3 is 10.2 Å². The third-order valence-corrected chi connectivity index (χ3v) is 9.81. The number of benzene rings is 3. The number of sulfonamides is 1. The number of nitrogens with zero attached hydrogens (tertiary/aromatic N) is 3. The van der Waals surface area contributed by atoms with Gasteiger partial charge in [0.2, 0.25) is 5.95 Å². The van der Waals surface area contributed by atoms with Gasteiger partial charge in [-0.25, -0.2) is 22.8 Å².